The van der Waals surface area contributed by atoms with Crippen LogP contribution in [-0.4, -0.2) is 17.3 Å². The zero-order chi connectivity index (χ0) is 14.4. The van der Waals surface area contributed by atoms with Crippen molar-refractivity contribution in [3.63, 3.8) is 0 Å². The lowest BCUT2D eigenvalue weighted by Crippen LogP contribution is -2.13. The molecule has 0 spiro atoms. The summed E-state index contributed by atoms with van der Waals surface area (Å²) in [4.78, 5) is 4.86. The van der Waals surface area contributed by atoms with E-state index in [1.165, 1.54) is 22.4 Å². The van der Waals surface area contributed by atoms with Crippen LogP contribution in [0.15, 0.2) is 35.4 Å². The molecule has 108 valence electrons. The highest BCUT2D eigenvalue weighted by Crippen LogP contribution is 2.27. The molecule has 1 aromatic heterocycles. The number of aromatic nitrogens is 1. The lowest BCUT2D eigenvalue weighted by atomic mass is 10.1. The summed E-state index contributed by atoms with van der Waals surface area (Å²) in [5.41, 5.74) is 2.42. The molecule has 0 aliphatic carbocycles. The summed E-state index contributed by atoms with van der Waals surface area (Å²) in [7, 11) is 0. The first-order valence-corrected chi connectivity index (χ1v) is 8.45. The molecule has 0 radical (unpaired) electrons. The van der Waals surface area contributed by atoms with Crippen molar-refractivity contribution in [1.82, 2.24) is 10.3 Å². The van der Waals surface area contributed by atoms with Crippen LogP contribution >= 0.6 is 11.8 Å². The van der Waals surface area contributed by atoms with Crippen molar-refractivity contribution in [2.75, 3.05) is 12.3 Å². The van der Waals surface area contributed by atoms with E-state index >= 15 is 0 Å². The highest BCUT2D eigenvalue weighted by molar-refractivity contribution is 7.99. The van der Waals surface area contributed by atoms with E-state index < -0.39 is 0 Å². The minimum absolute atomic E-state index is 0.736. The zero-order valence-corrected chi connectivity index (χ0v) is 13.5. The molecule has 2 nitrogen and oxygen atoms in total. The molecule has 3 heteroatoms. The summed E-state index contributed by atoms with van der Waals surface area (Å²) in [6.45, 7) is 8.58. The third-order valence-corrected chi connectivity index (χ3v) is 4.89. The van der Waals surface area contributed by atoms with Crippen LogP contribution in [-0.2, 0) is 6.54 Å². The van der Waals surface area contributed by atoms with Gasteiger partial charge < -0.3 is 5.32 Å². The van der Waals surface area contributed by atoms with Crippen LogP contribution in [0.2, 0.25) is 0 Å². The molecule has 0 saturated carbocycles. The third-order valence-electron chi connectivity index (χ3n) is 3.53. The normalized spacial score (nSPS) is 12.8. The van der Waals surface area contributed by atoms with Gasteiger partial charge in [0.1, 0.15) is 5.03 Å². The van der Waals surface area contributed by atoms with E-state index in [4.69, 9.17) is 4.98 Å². The molecule has 1 N–H and O–H groups in total. The second kappa shape index (κ2) is 7.65. The van der Waals surface area contributed by atoms with E-state index in [9.17, 15) is 0 Å². The Morgan fingerprint density at radius 2 is 2.05 bits per heavy atom. The summed E-state index contributed by atoms with van der Waals surface area (Å²) in [6.07, 6.45) is 1.23. The number of benzene rings is 1. The Morgan fingerprint density at radius 3 is 2.80 bits per heavy atom. The minimum atomic E-state index is 0.736. The molecule has 0 amide bonds. The van der Waals surface area contributed by atoms with Crippen LogP contribution in [0.3, 0.4) is 0 Å². The highest BCUT2D eigenvalue weighted by atomic mass is 32.2. The average Bonchev–Trinajstić information content (AvgIpc) is 2.49. The van der Waals surface area contributed by atoms with Crippen LogP contribution < -0.4 is 5.32 Å². The molecule has 1 unspecified atom stereocenters. The van der Waals surface area contributed by atoms with Crippen molar-refractivity contribution in [1.29, 1.82) is 0 Å². The average molecular weight is 288 g/mol. The van der Waals surface area contributed by atoms with Gasteiger partial charge in [-0.3, -0.25) is 0 Å². The van der Waals surface area contributed by atoms with Crippen molar-refractivity contribution in [2.45, 2.75) is 38.8 Å². The molecule has 2 aromatic rings. The third kappa shape index (κ3) is 3.97. The van der Waals surface area contributed by atoms with E-state index in [2.05, 4.69) is 56.4 Å². The summed E-state index contributed by atoms with van der Waals surface area (Å²) in [6, 6.07) is 10.7. The van der Waals surface area contributed by atoms with E-state index in [0.29, 0.717) is 0 Å². The summed E-state index contributed by atoms with van der Waals surface area (Å²) >= 11 is 1.89. The van der Waals surface area contributed by atoms with Gasteiger partial charge in [0, 0.05) is 17.7 Å². The molecule has 2 rings (SSSR count). The standard InChI is InChI=1S/C17H24N2S/c1-4-13(3)12-20-17-15(11-18-5-2)10-14-8-6-7-9-16(14)19-17/h6-10,13,18H,4-5,11-12H2,1-3H3. The van der Waals surface area contributed by atoms with Crippen LogP contribution in [0.4, 0.5) is 0 Å². The number of rotatable bonds is 7. The van der Waals surface area contributed by atoms with E-state index in [0.717, 1.165) is 30.3 Å². The SMILES string of the molecule is CCNCc1cc2ccccc2nc1SCC(C)CC. The van der Waals surface area contributed by atoms with Gasteiger partial charge in [0.2, 0.25) is 0 Å². The van der Waals surface area contributed by atoms with Gasteiger partial charge in [-0.2, -0.15) is 0 Å². The number of hydrogen-bond donors (Lipinski definition) is 1. The Balaban J connectivity index is 2.27. The zero-order valence-electron chi connectivity index (χ0n) is 12.6. The van der Waals surface area contributed by atoms with Crippen molar-refractivity contribution in [3.8, 4) is 0 Å². The molecular weight excluding hydrogens is 264 g/mol. The molecule has 20 heavy (non-hydrogen) atoms. The van der Waals surface area contributed by atoms with Gasteiger partial charge in [0.05, 0.1) is 5.52 Å². The van der Waals surface area contributed by atoms with Crippen molar-refractivity contribution in [2.24, 2.45) is 5.92 Å². The van der Waals surface area contributed by atoms with Gasteiger partial charge in [0.25, 0.3) is 0 Å². The maximum atomic E-state index is 4.86. The topological polar surface area (TPSA) is 24.9 Å². The summed E-state index contributed by atoms with van der Waals surface area (Å²) in [5, 5.41) is 5.83. The van der Waals surface area contributed by atoms with Crippen molar-refractivity contribution >= 4 is 22.7 Å². The predicted molar refractivity (Wildman–Crippen MR) is 89.3 cm³/mol. The Labute approximate surface area is 126 Å². The predicted octanol–water partition coefficient (Wildman–Crippen LogP) is 4.48. The number of hydrogen-bond acceptors (Lipinski definition) is 3. The maximum absolute atomic E-state index is 4.86. The number of fused-ring (bicyclic) bond motifs is 1. The van der Waals surface area contributed by atoms with Crippen LogP contribution in [0, 0.1) is 5.92 Å². The van der Waals surface area contributed by atoms with E-state index in [-0.39, 0.29) is 0 Å². The van der Waals surface area contributed by atoms with Crippen LogP contribution in [0.25, 0.3) is 10.9 Å². The lowest BCUT2D eigenvalue weighted by molar-refractivity contribution is 0.636. The fourth-order valence-electron chi connectivity index (χ4n) is 1.99. The van der Waals surface area contributed by atoms with Crippen molar-refractivity contribution in [3.05, 3.63) is 35.9 Å². The molecular formula is C17H24N2S. The van der Waals surface area contributed by atoms with Gasteiger partial charge >= 0.3 is 0 Å². The minimum Gasteiger partial charge on any atom is -0.313 e. The van der Waals surface area contributed by atoms with E-state index in [1.807, 2.05) is 11.8 Å². The van der Waals surface area contributed by atoms with Gasteiger partial charge in [-0.05, 0) is 30.2 Å². The Hall–Kier alpha value is -1.06. The summed E-state index contributed by atoms with van der Waals surface area (Å²) < 4.78 is 0. The number of nitrogens with zero attached hydrogens (tertiary/aromatic N) is 1. The number of para-hydroxylation sites is 1. The van der Waals surface area contributed by atoms with Gasteiger partial charge in [0.15, 0.2) is 0 Å². The van der Waals surface area contributed by atoms with Gasteiger partial charge in [-0.25, -0.2) is 4.98 Å². The monoisotopic (exact) mass is 288 g/mol. The van der Waals surface area contributed by atoms with Gasteiger partial charge in [-0.15, -0.1) is 11.8 Å². The molecule has 0 aliphatic rings. The molecule has 0 aliphatic heterocycles. The Bertz CT molecular complexity index is 554. The fraction of sp³-hybridized carbons (Fsp3) is 0.471. The smallest absolute Gasteiger partial charge is 0.101 e. The summed E-state index contributed by atoms with van der Waals surface area (Å²) in [5.74, 6) is 1.88. The fourth-order valence-corrected chi connectivity index (χ4v) is 3.15. The Kier molecular flexibility index (Phi) is 5.86. The number of pyridine rings is 1. The van der Waals surface area contributed by atoms with Crippen molar-refractivity contribution < 1.29 is 0 Å². The molecule has 0 saturated heterocycles. The molecule has 0 bridgehead atoms. The Morgan fingerprint density at radius 1 is 1.25 bits per heavy atom. The van der Waals surface area contributed by atoms with Crippen LogP contribution in [0.5, 0.6) is 0 Å². The number of thioether (sulfide) groups is 1. The second-order valence-electron chi connectivity index (χ2n) is 5.25. The first-order valence-electron chi connectivity index (χ1n) is 7.46. The maximum Gasteiger partial charge on any atom is 0.101 e. The quantitative estimate of drug-likeness (QED) is 0.760. The highest BCUT2D eigenvalue weighted by Gasteiger charge is 2.09. The molecule has 0 fully saturated rings. The lowest BCUT2D eigenvalue weighted by Gasteiger charge is -2.13. The first kappa shape index (κ1) is 15.3. The largest absolute Gasteiger partial charge is 0.313 e. The van der Waals surface area contributed by atoms with Gasteiger partial charge in [-0.1, -0.05) is 45.4 Å². The molecule has 1 aromatic carbocycles. The molecule has 1 heterocycles. The first-order chi connectivity index (χ1) is 9.74. The number of nitrogens with one attached hydrogen (secondary N) is 1. The molecule has 1 atom stereocenters. The van der Waals surface area contributed by atoms with E-state index in [1.54, 1.807) is 0 Å². The van der Waals surface area contributed by atoms with Crippen LogP contribution in [0.1, 0.15) is 32.8 Å². The second-order valence-corrected chi connectivity index (χ2v) is 6.26.